The number of pyridine rings is 1. The average molecular weight is 316 g/mol. The SMILES string of the molecule is COc1cc2c(c(=O)[nH]1)C1=CCC(C(=O)O)=CN1C(C(C)C)C2. The van der Waals surface area contributed by atoms with Crippen molar-refractivity contribution in [3.8, 4) is 5.88 Å². The molecule has 3 heterocycles. The van der Waals surface area contributed by atoms with Crippen molar-refractivity contribution in [3.05, 3.63) is 45.4 Å². The molecule has 0 radical (unpaired) electrons. The first-order valence-electron chi connectivity index (χ1n) is 7.65. The lowest BCUT2D eigenvalue weighted by atomic mass is 9.85. The minimum absolute atomic E-state index is 0.106. The number of aromatic nitrogens is 1. The molecule has 1 aromatic heterocycles. The third-order valence-corrected chi connectivity index (χ3v) is 4.49. The zero-order valence-electron chi connectivity index (χ0n) is 13.4. The molecular weight excluding hydrogens is 296 g/mol. The highest BCUT2D eigenvalue weighted by molar-refractivity contribution is 5.89. The van der Waals surface area contributed by atoms with Crippen LogP contribution in [0.4, 0.5) is 0 Å². The highest BCUT2D eigenvalue weighted by Gasteiger charge is 2.34. The first kappa shape index (κ1) is 15.4. The summed E-state index contributed by atoms with van der Waals surface area (Å²) in [6.07, 6.45) is 4.50. The van der Waals surface area contributed by atoms with Gasteiger partial charge in [0.15, 0.2) is 5.88 Å². The largest absolute Gasteiger partial charge is 0.482 e. The van der Waals surface area contributed by atoms with Crippen molar-refractivity contribution in [2.24, 2.45) is 5.92 Å². The molecule has 3 rings (SSSR count). The van der Waals surface area contributed by atoms with Crippen molar-refractivity contribution in [2.75, 3.05) is 7.11 Å². The molecule has 1 atom stereocenters. The number of carbonyl (C=O) groups is 1. The third kappa shape index (κ3) is 2.54. The number of nitrogens with one attached hydrogen (secondary N) is 1. The van der Waals surface area contributed by atoms with Crippen LogP contribution in [0.1, 0.15) is 31.4 Å². The van der Waals surface area contributed by atoms with Crippen molar-refractivity contribution in [2.45, 2.75) is 32.7 Å². The van der Waals surface area contributed by atoms with Crippen LogP contribution in [0.3, 0.4) is 0 Å². The van der Waals surface area contributed by atoms with Crippen LogP contribution >= 0.6 is 0 Å². The smallest absolute Gasteiger partial charge is 0.333 e. The second-order valence-electron chi connectivity index (χ2n) is 6.24. The van der Waals surface area contributed by atoms with E-state index in [1.165, 1.54) is 7.11 Å². The predicted molar refractivity (Wildman–Crippen MR) is 86.1 cm³/mol. The fourth-order valence-corrected chi connectivity index (χ4v) is 3.27. The molecule has 6 nitrogen and oxygen atoms in total. The average Bonchev–Trinajstić information content (AvgIpc) is 2.52. The van der Waals surface area contributed by atoms with E-state index in [-0.39, 0.29) is 11.6 Å². The summed E-state index contributed by atoms with van der Waals surface area (Å²) in [6, 6.07) is 1.97. The zero-order valence-corrected chi connectivity index (χ0v) is 13.4. The summed E-state index contributed by atoms with van der Waals surface area (Å²) in [5.74, 6) is -0.165. The molecule has 0 spiro atoms. The molecule has 6 heteroatoms. The molecule has 0 aromatic carbocycles. The predicted octanol–water partition coefficient (Wildman–Crippen LogP) is 1.98. The van der Waals surface area contributed by atoms with E-state index < -0.39 is 5.97 Å². The van der Waals surface area contributed by atoms with E-state index in [1.807, 2.05) is 17.0 Å². The van der Waals surface area contributed by atoms with Gasteiger partial charge in [-0.2, -0.15) is 0 Å². The first-order chi connectivity index (χ1) is 10.9. The molecule has 0 amide bonds. The zero-order chi connectivity index (χ0) is 16.7. The van der Waals surface area contributed by atoms with Gasteiger partial charge in [-0.15, -0.1) is 0 Å². The van der Waals surface area contributed by atoms with Crippen LogP contribution in [-0.2, 0) is 11.2 Å². The Morgan fingerprint density at radius 1 is 1.48 bits per heavy atom. The van der Waals surface area contributed by atoms with E-state index >= 15 is 0 Å². The van der Waals surface area contributed by atoms with Crippen molar-refractivity contribution < 1.29 is 14.6 Å². The van der Waals surface area contributed by atoms with Crippen LogP contribution in [0.15, 0.2) is 28.7 Å². The van der Waals surface area contributed by atoms with Crippen LogP contribution in [0, 0.1) is 5.92 Å². The van der Waals surface area contributed by atoms with E-state index in [0.29, 0.717) is 35.8 Å². The lowest BCUT2D eigenvalue weighted by Crippen LogP contribution is -2.43. The summed E-state index contributed by atoms with van der Waals surface area (Å²) in [7, 11) is 1.52. The second kappa shape index (κ2) is 5.61. The Morgan fingerprint density at radius 3 is 2.83 bits per heavy atom. The Kier molecular flexibility index (Phi) is 3.75. The molecule has 1 unspecified atom stereocenters. The molecule has 2 aliphatic heterocycles. The number of carboxylic acids is 1. The van der Waals surface area contributed by atoms with Gasteiger partial charge in [-0.1, -0.05) is 19.9 Å². The number of aliphatic carboxylic acids is 1. The molecule has 0 saturated carbocycles. The molecular formula is C17H20N2O4. The molecule has 23 heavy (non-hydrogen) atoms. The van der Waals surface area contributed by atoms with Gasteiger partial charge in [0, 0.05) is 24.7 Å². The number of allylic oxidation sites excluding steroid dienone is 1. The molecule has 2 aliphatic rings. The number of rotatable bonds is 3. The van der Waals surface area contributed by atoms with Crippen LogP contribution in [0.2, 0.25) is 0 Å². The number of aromatic amines is 1. The highest BCUT2D eigenvalue weighted by atomic mass is 16.5. The van der Waals surface area contributed by atoms with Crippen LogP contribution < -0.4 is 10.3 Å². The van der Waals surface area contributed by atoms with Gasteiger partial charge >= 0.3 is 5.97 Å². The topological polar surface area (TPSA) is 82.6 Å². The van der Waals surface area contributed by atoms with Gasteiger partial charge in [0.2, 0.25) is 0 Å². The van der Waals surface area contributed by atoms with Crippen LogP contribution in [0.25, 0.3) is 5.70 Å². The molecule has 0 bridgehead atoms. The Labute approximate surface area is 134 Å². The molecule has 1 aromatic rings. The quantitative estimate of drug-likeness (QED) is 0.891. The second-order valence-corrected chi connectivity index (χ2v) is 6.24. The number of nitrogens with zero attached hydrogens (tertiary/aromatic N) is 1. The molecule has 0 saturated heterocycles. The Balaban J connectivity index is 2.16. The van der Waals surface area contributed by atoms with Crippen LogP contribution in [0.5, 0.6) is 5.88 Å². The number of hydrogen-bond acceptors (Lipinski definition) is 4. The van der Waals surface area contributed by atoms with Gasteiger partial charge in [-0.05, 0) is 17.9 Å². The number of carboxylic acid groups (broad SMARTS) is 1. The van der Waals surface area contributed by atoms with Gasteiger partial charge in [0.25, 0.3) is 5.56 Å². The lowest BCUT2D eigenvalue weighted by Gasteiger charge is -2.41. The fraction of sp³-hybridized carbons (Fsp3) is 0.412. The Bertz CT molecular complexity index is 773. The maximum absolute atomic E-state index is 12.5. The van der Waals surface area contributed by atoms with Gasteiger partial charge in [0.1, 0.15) is 0 Å². The van der Waals surface area contributed by atoms with E-state index in [1.54, 1.807) is 6.20 Å². The van der Waals surface area contributed by atoms with Crippen molar-refractivity contribution in [1.82, 2.24) is 9.88 Å². The van der Waals surface area contributed by atoms with Gasteiger partial charge in [-0.25, -0.2) is 4.79 Å². The van der Waals surface area contributed by atoms with E-state index in [9.17, 15) is 14.7 Å². The number of methoxy groups -OCH3 is 1. The Hall–Kier alpha value is -2.50. The lowest BCUT2D eigenvalue weighted by molar-refractivity contribution is -0.132. The fourth-order valence-electron chi connectivity index (χ4n) is 3.27. The van der Waals surface area contributed by atoms with E-state index in [0.717, 1.165) is 11.3 Å². The maximum atomic E-state index is 12.5. The summed E-state index contributed by atoms with van der Waals surface area (Å²) in [6.45, 7) is 4.20. The number of ether oxygens (including phenoxy) is 1. The molecule has 0 aliphatic carbocycles. The summed E-state index contributed by atoms with van der Waals surface area (Å²) in [5.41, 5.74) is 2.49. The summed E-state index contributed by atoms with van der Waals surface area (Å²) in [5, 5.41) is 9.26. The highest BCUT2D eigenvalue weighted by Crippen LogP contribution is 2.37. The maximum Gasteiger partial charge on any atom is 0.333 e. The van der Waals surface area contributed by atoms with Gasteiger partial charge in [0.05, 0.1) is 23.9 Å². The minimum Gasteiger partial charge on any atom is -0.482 e. The number of hydrogen-bond donors (Lipinski definition) is 2. The summed E-state index contributed by atoms with van der Waals surface area (Å²) in [4.78, 5) is 28.4. The number of H-pyrrole nitrogens is 1. The molecule has 2 N–H and O–H groups in total. The molecule has 0 fully saturated rings. The van der Waals surface area contributed by atoms with Crippen LogP contribution in [-0.4, -0.2) is 34.1 Å². The third-order valence-electron chi connectivity index (χ3n) is 4.49. The van der Waals surface area contributed by atoms with Gasteiger partial charge in [-0.3, -0.25) is 9.78 Å². The Morgan fingerprint density at radius 2 is 2.22 bits per heavy atom. The van der Waals surface area contributed by atoms with Crippen molar-refractivity contribution >= 4 is 11.7 Å². The van der Waals surface area contributed by atoms with E-state index in [4.69, 9.17) is 4.74 Å². The molecule has 122 valence electrons. The standard InChI is InChI=1S/C17H20N2O4/c1-9(2)13-6-11-7-14(23-3)18-16(20)15(11)12-5-4-10(17(21)22)8-19(12)13/h5,7-9,13H,4,6H2,1-3H3,(H,18,20)(H,21,22). The van der Waals surface area contributed by atoms with Crippen molar-refractivity contribution in [1.29, 1.82) is 0 Å². The normalized spacial score (nSPS) is 19.7. The van der Waals surface area contributed by atoms with Crippen molar-refractivity contribution in [3.63, 3.8) is 0 Å². The van der Waals surface area contributed by atoms with Gasteiger partial charge < -0.3 is 14.7 Å². The van der Waals surface area contributed by atoms with E-state index in [2.05, 4.69) is 18.8 Å². The monoisotopic (exact) mass is 316 g/mol. The minimum atomic E-state index is -0.919. The first-order valence-corrected chi connectivity index (χ1v) is 7.65. The summed E-state index contributed by atoms with van der Waals surface area (Å²) >= 11 is 0. The number of fused-ring (bicyclic) bond motifs is 3. The summed E-state index contributed by atoms with van der Waals surface area (Å²) < 4.78 is 5.16.